The first kappa shape index (κ1) is 17.4. The number of aromatic nitrogens is 5. The third kappa shape index (κ3) is 2.99. The molecule has 0 spiro atoms. The van der Waals surface area contributed by atoms with E-state index in [0.29, 0.717) is 22.8 Å². The maximum absolute atomic E-state index is 12.8. The molecule has 13 nitrogen and oxygen atoms in total. The summed E-state index contributed by atoms with van der Waals surface area (Å²) in [4.78, 5) is 12.8. The van der Waals surface area contributed by atoms with Crippen molar-refractivity contribution in [3.8, 4) is 28.6 Å². The number of hydrogen-bond donors (Lipinski definition) is 2. The lowest BCUT2D eigenvalue weighted by Gasteiger charge is -2.06. The molecule has 0 saturated carbocycles. The van der Waals surface area contributed by atoms with Gasteiger partial charge in [0.1, 0.15) is 11.5 Å². The van der Waals surface area contributed by atoms with Gasteiger partial charge in [0.25, 0.3) is 5.91 Å². The molecular weight excluding hydrogens is 396 g/mol. The van der Waals surface area contributed by atoms with Gasteiger partial charge in [0.05, 0.1) is 12.5 Å². The molecule has 1 amide bonds. The molecule has 0 saturated heterocycles. The maximum atomic E-state index is 12.8. The number of nitrogens with two attached hydrogens (primary N) is 1. The van der Waals surface area contributed by atoms with E-state index in [9.17, 15) is 4.79 Å². The van der Waals surface area contributed by atoms with Crippen LogP contribution >= 0.6 is 0 Å². The van der Waals surface area contributed by atoms with Crippen LogP contribution in [0.15, 0.2) is 50.7 Å². The van der Waals surface area contributed by atoms with Crippen molar-refractivity contribution in [1.82, 2.24) is 30.7 Å². The van der Waals surface area contributed by atoms with Crippen LogP contribution in [0, 0.1) is 0 Å². The first-order valence-corrected chi connectivity index (χ1v) is 8.52. The number of nitrogen functional groups attached to an aromatic ring is 1. The number of hydrogen-bond acceptors (Lipinski definition) is 11. The Morgan fingerprint density at radius 2 is 2.13 bits per heavy atom. The molecule has 13 heteroatoms. The molecule has 0 bridgehead atoms. The standard InChI is InChI=1S/C17H12N8O5/c18-15-16(23-30-22-15)25-14(9-3-4-11-12(6-9)29-8-28-11)13(20-24-25)17(26)21-19-7-10-2-1-5-27-10/h1-7H,8H2,(H2,18,22)(H,21,26)/b19-7-. The van der Waals surface area contributed by atoms with Gasteiger partial charge in [0.15, 0.2) is 17.2 Å². The van der Waals surface area contributed by atoms with Gasteiger partial charge < -0.3 is 19.6 Å². The zero-order valence-corrected chi connectivity index (χ0v) is 15.1. The fraction of sp³-hybridized carbons (Fsp3) is 0.0588. The number of carbonyl (C=O) groups is 1. The van der Waals surface area contributed by atoms with Crippen LogP contribution in [0.5, 0.6) is 11.5 Å². The molecule has 3 aromatic heterocycles. The van der Waals surface area contributed by atoms with Gasteiger partial charge in [0, 0.05) is 5.56 Å². The van der Waals surface area contributed by atoms with Crippen LogP contribution < -0.4 is 20.6 Å². The smallest absolute Gasteiger partial charge is 0.294 e. The SMILES string of the molecule is Nc1nonc1-n1nnc(C(=O)N/N=C\c2ccco2)c1-c1ccc2c(c1)OCO2. The number of nitrogens with one attached hydrogen (secondary N) is 1. The molecule has 0 unspecified atom stereocenters. The predicted octanol–water partition coefficient (Wildman–Crippen LogP) is 0.985. The van der Waals surface area contributed by atoms with Crippen LogP contribution in [0.1, 0.15) is 16.2 Å². The Balaban J connectivity index is 1.55. The largest absolute Gasteiger partial charge is 0.463 e. The third-order valence-corrected chi connectivity index (χ3v) is 4.13. The number of ether oxygens (including phenoxy) is 2. The van der Waals surface area contributed by atoms with E-state index < -0.39 is 5.91 Å². The molecule has 3 N–H and O–H groups in total. The summed E-state index contributed by atoms with van der Waals surface area (Å²) in [5.74, 6) is 0.990. The molecule has 4 aromatic rings. The van der Waals surface area contributed by atoms with E-state index in [0.717, 1.165) is 0 Å². The minimum absolute atomic E-state index is 0.0234. The fourth-order valence-corrected chi connectivity index (χ4v) is 2.80. The molecule has 1 aliphatic heterocycles. The molecule has 5 rings (SSSR count). The molecule has 30 heavy (non-hydrogen) atoms. The van der Waals surface area contributed by atoms with Crippen molar-refractivity contribution < 1.29 is 23.3 Å². The highest BCUT2D eigenvalue weighted by molar-refractivity contribution is 5.98. The lowest BCUT2D eigenvalue weighted by Crippen LogP contribution is -2.19. The van der Waals surface area contributed by atoms with E-state index in [1.165, 1.54) is 17.2 Å². The van der Waals surface area contributed by atoms with Crippen LogP contribution in [-0.4, -0.2) is 44.2 Å². The summed E-state index contributed by atoms with van der Waals surface area (Å²) in [5, 5.41) is 19.1. The van der Waals surface area contributed by atoms with Crippen LogP contribution in [-0.2, 0) is 0 Å². The van der Waals surface area contributed by atoms with Gasteiger partial charge >= 0.3 is 0 Å². The molecule has 1 aliphatic rings. The van der Waals surface area contributed by atoms with Crippen molar-refractivity contribution in [2.45, 2.75) is 0 Å². The van der Waals surface area contributed by atoms with Crippen molar-refractivity contribution in [1.29, 1.82) is 0 Å². The first-order chi connectivity index (χ1) is 14.7. The van der Waals surface area contributed by atoms with Gasteiger partial charge in [-0.1, -0.05) is 5.21 Å². The number of furan rings is 1. The van der Waals surface area contributed by atoms with Crippen LogP contribution in [0.3, 0.4) is 0 Å². The highest BCUT2D eigenvalue weighted by Gasteiger charge is 2.26. The summed E-state index contributed by atoms with van der Waals surface area (Å²) < 4.78 is 21.8. The number of hydrazone groups is 1. The van der Waals surface area contributed by atoms with E-state index in [4.69, 9.17) is 19.6 Å². The quantitative estimate of drug-likeness (QED) is 0.358. The average molecular weight is 408 g/mol. The Bertz CT molecular complexity index is 1240. The van der Waals surface area contributed by atoms with Gasteiger partial charge in [-0.3, -0.25) is 4.79 Å². The monoisotopic (exact) mass is 408 g/mol. The Morgan fingerprint density at radius 3 is 2.93 bits per heavy atom. The zero-order chi connectivity index (χ0) is 20.5. The Labute approximate surface area is 167 Å². The van der Waals surface area contributed by atoms with Crippen molar-refractivity contribution in [3.05, 3.63) is 48.0 Å². The van der Waals surface area contributed by atoms with E-state index in [-0.39, 0.29) is 29.8 Å². The second-order valence-electron chi connectivity index (χ2n) is 5.95. The Morgan fingerprint density at radius 1 is 1.23 bits per heavy atom. The minimum Gasteiger partial charge on any atom is -0.463 e. The fourth-order valence-electron chi connectivity index (χ4n) is 2.80. The molecule has 0 aliphatic carbocycles. The maximum Gasteiger partial charge on any atom is 0.294 e. The summed E-state index contributed by atoms with van der Waals surface area (Å²) in [6, 6.07) is 8.49. The average Bonchev–Trinajstić information content (AvgIpc) is 3.53. The number of nitrogens with zero attached hydrogens (tertiary/aromatic N) is 6. The summed E-state index contributed by atoms with van der Waals surface area (Å²) >= 11 is 0. The highest BCUT2D eigenvalue weighted by atomic mass is 16.7. The van der Waals surface area contributed by atoms with E-state index in [1.54, 1.807) is 30.3 Å². The van der Waals surface area contributed by atoms with Crippen molar-refractivity contribution >= 4 is 17.9 Å². The lowest BCUT2D eigenvalue weighted by molar-refractivity contribution is 0.0950. The summed E-state index contributed by atoms with van der Waals surface area (Å²) in [5.41, 5.74) is 8.97. The summed E-state index contributed by atoms with van der Waals surface area (Å²) in [6.07, 6.45) is 2.84. The lowest BCUT2D eigenvalue weighted by atomic mass is 10.1. The second kappa shape index (κ2) is 7.05. The number of fused-ring (bicyclic) bond motifs is 1. The number of amides is 1. The molecule has 0 atom stereocenters. The molecule has 150 valence electrons. The number of benzene rings is 1. The Hall–Kier alpha value is -4.68. The van der Waals surface area contributed by atoms with Crippen molar-refractivity contribution in [3.63, 3.8) is 0 Å². The van der Waals surface area contributed by atoms with E-state index >= 15 is 0 Å². The van der Waals surface area contributed by atoms with Crippen molar-refractivity contribution in [2.24, 2.45) is 5.10 Å². The van der Waals surface area contributed by atoms with Crippen LogP contribution in [0.2, 0.25) is 0 Å². The van der Waals surface area contributed by atoms with Gasteiger partial charge in [-0.05, 0) is 40.6 Å². The number of carbonyl (C=O) groups excluding carboxylic acids is 1. The predicted molar refractivity (Wildman–Crippen MR) is 99.0 cm³/mol. The van der Waals surface area contributed by atoms with E-state index in [2.05, 4.69) is 35.8 Å². The van der Waals surface area contributed by atoms with Crippen molar-refractivity contribution in [2.75, 3.05) is 12.5 Å². The number of anilines is 1. The topological polar surface area (TPSA) is 169 Å². The van der Waals surface area contributed by atoms with Gasteiger partial charge in [0.2, 0.25) is 18.4 Å². The highest BCUT2D eigenvalue weighted by Crippen LogP contribution is 2.37. The first-order valence-electron chi connectivity index (χ1n) is 8.52. The van der Waals surface area contributed by atoms with Gasteiger partial charge in [-0.2, -0.15) is 9.78 Å². The normalized spacial score (nSPS) is 12.5. The summed E-state index contributed by atoms with van der Waals surface area (Å²) in [7, 11) is 0. The minimum atomic E-state index is -0.619. The van der Waals surface area contributed by atoms with E-state index in [1.807, 2.05) is 0 Å². The Kier molecular flexibility index (Phi) is 4.09. The third-order valence-electron chi connectivity index (χ3n) is 4.13. The molecule has 0 radical (unpaired) electrons. The number of rotatable bonds is 5. The van der Waals surface area contributed by atoms with Gasteiger partial charge in [-0.15, -0.1) is 5.10 Å². The molecule has 0 fully saturated rings. The van der Waals surface area contributed by atoms with Gasteiger partial charge in [-0.25, -0.2) is 10.1 Å². The second-order valence-corrected chi connectivity index (χ2v) is 5.95. The summed E-state index contributed by atoms with van der Waals surface area (Å²) in [6.45, 7) is 0.102. The molecule has 4 heterocycles. The van der Waals surface area contributed by atoms with Crippen LogP contribution in [0.4, 0.5) is 5.82 Å². The molecule has 1 aromatic carbocycles. The van der Waals surface area contributed by atoms with Crippen LogP contribution in [0.25, 0.3) is 17.1 Å². The molecular formula is C17H12N8O5. The zero-order valence-electron chi connectivity index (χ0n) is 15.1.